The van der Waals surface area contributed by atoms with E-state index in [1.165, 1.54) is 0 Å². The molecule has 0 saturated carbocycles. The SMILES string of the molecule is Nc1ccnc(Nc2c(Cl)ccc3nsnc23)c1. The lowest BCUT2D eigenvalue weighted by molar-refractivity contribution is 1.31. The predicted molar refractivity (Wildman–Crippen MR) is 74.4 cm³/mol. The minimum Gasteiger partial charge on any atom is -0.399 e. The summed E-state index contributed by atoms with van der Waals surface area (Å²) in [5.41, 5.74) is 8.57. The van der Waals surface area contributed by atoms with Crippen molar-refractivity contribution in [3.8, 4) is 0 Å². The summed E-state index contributed by atoms with van der Waals surface area (Å²) in [5.74, 6) is 0.623. The van der Waals surface area contributed by atoms with E-state index in [4.69, 9.17) is 17.3 Å². The van der Waals surface area contributed by atoms with Crippen molar-refractivity contribution in [2.45, 2.75) is 0 Å². The van der Waals surface area contributed by atoms with Crippen LogP contribution in [0.1, 0.15) is 0 Å². The van der Waals surface area contributed by atoms with Gasteiger partial charge in [0, 0.05) is 18.0 Å². The number of anilines is 3. The van der Waals surface area contributed by atoms with Gasteiger partial charge in [-0.2, -0.15) is 8.75 Å². The van der Waals surface area contributed by atoms with Crippen LogP contribution >= 0.6 is 23.3 Å². The average Bonchev–Trinajstić information content (AvgIpc) is 2.81. The largest absolute Gasteiger partial charge is 0.399 e. The van der Waals surface area contributed by atoms with Crippen molar-refractivity contribution >= 4 is 51.6 Å². The molecule has 3 aromatic rings. The molecule has 0 saturated heterocycles. The van der Waals surface area contributed by atoms with Crippen LogP contribution < -0.4 is 11.1 Å². The number of halogens is 1. The minimum atomic E-state index is 0.569. The van der Waals surface area contributed by atoms with Crippen molar-refractivity contribution in [2.24, 2.45) is 0 Å². The Balaban J connectivity index is 2.09. The number of benzene rings is 1. The topological polar surface area (TPSA) is 76.7 Å². The zero-order chi connectivity index (χ0) is 12.5. The number of hydrogen-bond acceptors (Lipinski definition) is 6. The van der Waals surface area contributed by atoms with Crippen LogP contribution in [0.5, 0.6) is 0 Å². The first kappa shape index (κ1) is 11.2. The fourth-order valence-corrected chi connectivity index (χ4v) is 2.33. The van der Waals surface area contributed by atoms with E-state index in [1.54, 1.807) is 24.4 Å². The Hall–Kier alpha value is -1.92. The van der Waals surface area contributed by atoms with Crippen molar-refractivity contribution in [1.82, 2.24) is 13.7 Å². The van der Waals surface area contributed by atoms with Gasteiger partial charge in [-0.15, -0.1) is 0 Å². The second-order valence-electron chi connectivity index (χ2n) is 3.65. The molecule has 5 nitrogen and oxygen atoms in total. The Bertz CT molecular complexity index is 711. The molecule has 0 atom stereocenters. The molecule has 0 unspecified atom stereocenters. The molecule has 0 fully saturated rings. The lowest BCUT2D eigenvalue weighted by Gasteiger charge is -2.08. The molecule has 0 aliphatic heterocycles. The van der Waals surface area contributed by atoms with Gasteiger partial charge in [0.1, 0.15) is 16.9 Å². The highest BCUT2D eigenvalue weighted by molar-refractivity contribution is 7.00. The summed E-state index contributed by atoms with van der Waals surface area (Å²) in [6.45, 7) is 0. The normalized spacial score (nSPS) is 10.7. The van der Waals surface area contributed by atoms with E-state index in [0.717, 1.165) is 22.8 Å². The Morgan fingerprint density at radius 1 is 1.22 bits per heavy atom. The third-order valence-electron chi connectivity index (χ3n) is 2.41. The van der Waals surface area contributed by atoms with Gasteiger partial charge in [0.15, 0.2) is 0 Å². The van der Waals surface area contributed by atoms with E-state index in [2.05, 4.69) is 19.0 Å². The van der Waals surface area contributed by atoms with E-state index < -0.39 is 0 Å². The standard InChI is InChI=1S/C11H8ClN5S/c12-7-1-2-8-11(17-18-16-8)10(7)15-9-5-6(13)3-4-14-9/h1-5H,(H3,13,14,15). The fraction of sp³-hybridized carbons (Fsp3) is 0. The monoisotopic (exact) mass is 277 g/mol. The van der Waals surface area contributed by atoms with Gasteiger partial charge in [-0.25, -0.2) is 4.98 Å². The zero-order valence-electron chi connectivity index (χ0n) is 9.09. The molecular weight excluding hydrogens is 270 g/mol. The van der Waals surface area contributed by atoms with Gasteiger partial charge in [0.25, 0.3) is 0 Å². The molecule has 0 aliphatic carbocycles. The molecule has 1 aromatic carbocycles. The molecular formula is C11H8ClN5S. The number of aromatic nitrogens is 3. The van der Waals surface area contributed by atoms with Crippen LogP contribution in [0.4, 0.5) is 17.2 Å². The first-order valence-corrected chi connectivity index (χ1v) is 6.24. The average molecular weight is 278 g/mol. The summed E-state index contributed by atoms with van der Waals surface area (Å²) in [7, 11) is 0. The first-order valence-electron chi connectivity index (χ1n) is 5.13. The number of hydrogen-bond donors (Lipinski definition) is 2. The number of nitrogens with zero attached hydrogens (tertiary/aromatic N) is 3. The van der Waals surface area contributed by atoms with Gasteiger partial charge in [-0.05, 0) is 18.2 Å². The zero-order valence-corrected chi connectivity index (χ0v) is 10.7. The Labute approximate surface area is 112 Å². The van der Waals surface area contributed by atoms with Crippen molar-refractivity contribution in [3.63, 3.8) is 0 Å². The van der Waals surface area contributed by atoms with Gasteiger partial charge in [0.2, 0.25) is 0 Å². The Morgan fingerprint density at radius 2 is 2.11 bits per heavy atom. The second kappa shape index (κ2) is 4.40. The van der Waals surface area contributed by atoms with Crippen LogP contribution in [0.15, 0.2) is 30.5 Å². The van der Waals surface area contributed by atoms with Crippen molar-refractivity contribution in [3.05, 3.63) is 35.5 Å². The van der Waals surface area contributed by atoms with E-state index >= 15 is 0 Å². The van der Waals surface area contributed by atoms with E-state index in [-0.39, 0.29) is 0 Å². The van der Waals surface area contributed by atoms with Crippen LogP contribution in [0.2, 0.25) is 5.02 Å². The molecule has 90 valence electrons. The molecule has 18 heavy (non-hydrogen) atoms. The summed E-state index contributed by atoms with van der Waals surface area (Å²) in [4.78, 5) is 4.17. The van der Waals surface area contributed by atoms with Gasteiger partial charge in [-0.1, -0.05) is 11.6 Å². The molecule has 0 spiro atoms. The summed E-state index contributed by atoms with van der Waals surface area (Å²) in [6.07, 6.45) is 1.63. The quantitative estimate of drug-likeness (QED) is 0.753. The van der Waals surface area contributed by atoms with Gasteiger partial charge >= 0.3 is 0 Å². The van der Waals surface area contributed by atoms with Crippen LogP contribution in [-0.4, -0.2) is 13.7 Å². The smallest absolute Gasteiger partial charge is 0.132 e. The molecule has 7 heteroatoms. The van der Waals surface area contributed by atoms with Crippen LogP contribution in [0.3, 0.4) is 0 Å². The van der Waals surface area contributed by atoms with Crippen molar-refractivity contribution in [1.29, 1.82) is 0 Å². The van der Waals surface area contributed by atoms with Crippen molar-refractivity contribution in [2.75, 3.05) is 11.1 Å². The van der Waals surface area contributed by atoms with Gasteiger partial charge in [0.05, 0.1) is 22.4 Å². The number of nitrogens with two attached hydrogens (primary N) is 1. The second-order valence-corrected chi connectivity index (χ2v) is 4.59. The predicted octanol–water partition coefficient (Wildman–Crippen LogP) is 3.07. The van der Waals surface area contributed by atoms with E-state index in [9.17, 15) is 0 Å². The highest BCUT2D eigenvalue weighted by Gasteiger charge is 2.10. The van der Waals surface area contributed by atoms with Crippen LogP contribution in [-0.2, 0) is 0 Å². The number of fused-ring (bicyclic) bond motifs is 1. The highest BCUT2D eigenvalue weighted by Crippen LogP contribution is 2.32. The molecule has 0 radical (unpaired) electrons. The third-order valence-corrected chi connectivity index (χ3v) is 3.27. The van der Waals surface area contributed by atoms with Gasteiger partial charge in [-0.3, -0.25) is 0 Å². The maximum absolute atomic E-state index is 6.17. The molecule has 0 amide bonds. The molecule has 0 bridgehead atoms. The fourth-order valence-electron chi connectivity index (χ4n) is 1.59. The van der Waals surface area contributed by atoms with E-state index in [0.29, 0.717) is 22.2 Å². The van der Waals surface area contributed by atoms with Crippen LogP contribution in [0, 0.1) is 0 Å². The third kappa shape index (κ3) is 1.96. The maximum atomic E-state index is 6.17. The minimum absolute atomic E-state index is 0.569. The molecule has 3 N–H and O–H groups in total. The number of nitrogen functional groups attached to an aromatic ring is 1. The maximum Gasteiger partial charge on any atom is 0.132 e. The first-order chi connectivity index (χ1) is 8.74. The number of pyridine rings is 1. The number of nitrogens with one attached hydrogen (secondary N) is 1. The summed E-state index contributed by atoms with van der Waals surface area (Å²) < 4.78 is 8.39. The molecule has 2 heterocycles. The molecule has 3 rings (SSSR count). The summed E-state index contributed by atoms with van der Waals surface area (Å²) in [6, 6.07) is 7.06. The lowest BCUT2D eigenvalue weighted by atomic mass is 10.2. The Morgan fingerprint density at radius 3 is 2.94 bits per heavy atom. The van der Waals surface area contributed by atoms with Crippen LogP contribution in [0.25, 0.3) is 11.0 Å². The number of rotatable bonds is 2. The van der Waals surface area contributed by atoms with Crippen molar-refractivity contribution < 1.29 is 0 Å². The molecule has 2 aromatic heterocycles. The molecule has 0 aliphatic rings. The van der Waals surface area contributed by atoms with Gasteiger partial charge < -0.3 is 11.1 Å². The summed E-state index contributed by atoms with van der Waals surface area (Å²) >= 11 is 7.31. The highest BCUT2D eigenvalue weighted by atomic mass is 35.5. The Kier molecular flexibility index (Phi) is 2.73. The summed E-state index contributed by atoms with van der Waals surface area (Å²) in [5, 5.41) is 3.69. The lowest BCUT2D eigenvalue weighted by Crippen LogP contribution is -1.96. The van der Waals surface area contributed by atoms with E-state index in [1.807, 2.05) is 6.07 Å².